The van der Waals surface area contributed by atoms with E-state index >= 15 is 0 Å². The van der Waals surface area contributed by atoms with Crippen LogP contribution in [0.4, 0.5) is 0 Å². The molecule has 0 bridgehead atoms. The molecule has 5 heteroatoms. The van der Waals surface area contributed by atoms with Gasteiger partial charge in [0.1, 0.15) is 0 Å². The normalized spacial score (nSPS) is 26.2. The number of hydrogen-bond donors (Lipinski definition) is 0. The highest BCUT2D eigenvalue weighted by atomic mass is 16.5. The third-order valence-electron chi connectivity index (χ3n) is 2.81. The van der Waals surface area contributed by atoms with E-state index in [1.807, 2.05) is 0 Å². The van der Waals surface area contributed by atoms with Crippen molar-refractivity contribution in [3.63, 3.8) is 0 Å². The molecule has 15 heavy (non-hydrogen) atoms. The van der Waals surface area contributed by atoms with Gasteiger partial charge in [-0.05, 0) is 12.8 Å². The maximum Gasteiger partial charge on any atom is 0.331 e. The van der Waals surface area contributed by atoms with Gasteiger partial charge in [-0.1, -0.05) is 0 Å². The van der Waals surface area contributed by atoms with Gasteiger partial charge in [0.05, 0.1) is 20.3 Å². The van der Waals surface area contributed by atoms with Gasteiger partial charge in [-0.25, -0.2) is 4.79 Å². The monoisotopic (exact) mass is 213 g/mol. The summed E-state index contributed by atoms with van der Waals surface area (Å²) in [4.78, 5) is 24.9. The Morgan fingerprint density at radius 3 is 2.73 bits per heavy atom. The third-order valence-corrected chi connectivity index (χ3v) is 2.81. The number of nitrogens with zero attached hydrogens (tertiary/aromatic N) is 1. The van der Waals surface area contributed by atoms with Crippen molar-refractivity contribution in [2.45, 2.75) is 18.9 Å². The average Bonchev–Trinajstić information content (AvgIpc) is 3.11. The molecule has 1 aliphatic carbocycles. The minimum absolute atomic E-state index is 0.0775. The largest absolute Gasteiger partial charge is 0.467 e. The fourth-order valence-corrected chi connectivity index (χ4v) is 1.76. The first-order chi connectivity index (χ1) is 7.24. The van der Waals surface area contributed by atoms with Crippen LogP contribution in [-0.2, 0) is 19.1 Å². The lowest BCUT2D eigenvalue weighted by atomic mass is 10.2. The SMILES string of the molecule is COC(=O)C1COCCN1C(=O)C1CC1. The second-order valence-electron chi connectivity index (χ2n) is 3.92. The lowest BCUT2D eigenvalue weighted by molar-refractivity contribution is -0.161. The highest BCUT2D eigenvalue weighted by Gasteiger charge is 2.40. The molecule has 1 aliphatic heterocycles. The molecule has 2 rings (SSSR count). The smallest absolute Gasteiger partial charge is 0.331 e. The minimum atomic E-state index is -0.545. The van der Waals surface area contributed by atoms with Crippen LogP contribution in [0, 0.1) is 5.92 Å². The fraction of sp³-hybridized carbons (Fsp3) is 0.800. The summed E-state index contributed by atoms with van der Waals surface area (Å²) in [6, 6.07) is -0.545. The first kappa shape index (κ1) is 10.4. The Morgan fingerprint density at radius 2 is 2.13 bits per heavy atom. The second-order valence-corrected chi connectivity index (χ2v) is 3.92. The van der Waals surface area contributed by atoms with Gasteiger partial charge in [0.2, 0.25) is 5.91 Å². The summed E-state index contributed by atoms with van der Waals surface area (Å²) < 4.78 is 9.85. The average molecular weight is 213 g/mol. The van der Waals surface area contributed by atoms with Gasteiger partial charge in [0, 0.05) is 12.5 Å². The van der Waals surface area contributed by atoms with E-state index in [9.17, 15) is 9.59 Å². The van der Waals surface area contributed by atoms with Gasteiger partial charge in [-0.15, -0.1) is 0 Å². The van der Waals surface area contributed by atoms with E-state index in [0.717, 1.165) is 12.8 Å². The van der Waals surface area contributed by atoms with Gasteiger partial charge in [-0.2, -0.15) is 0 Å². The molecule has 1 amide bonds. The molecular formula is C10H15NO4. The maximum absolute atomic E-state index is 11.9. The Balaban J connectivity index is 2.04. The summed E-state index contributed by atoms with van der Waals surface area (Å²) in [5.74, 6) is -0.173. The van der Waals surface area contributed by atoms with Crippen molar-refractivity contribution in [1.29, 1.82) is 0 Å². The van der Waals surface area contributed by atoms with E-state index in [1.165, 1.54) is 7.11 Å². The van der Waals surface area contributed by atoms with Crippen LogP contribution < -0.4 is 0 Å². The Labute approximate surface area is 88.3 Å². The molecule has 84 valence electrons. The predicted molar refractivity (Wildman–Crippen MR) is 51.1 cm³/mol. The van der Waals surface area contributed by atoms with E-state index in [1.54, 1.807) is 4.90 Å². The predicted octanol–water partition coefficient (Wildman–Crippen LogP) is -0.203. The van der Waals surface area contributed by atoms with E-state index in [2.05, 4.69) is 4.74 Å². The van der Waals surface area contributed by atoms with E-state index in [0.29, 0.717) is 13.2 Å². The number of ether oxygens (including phenoxy) is 2. The number of hydrogen-bond acceptors (Lipinski definition) is 4. The zero-order valence-electron chi connectivity index (χ0n) is 8.77. The van der Waals surface area contributed by atoms with Crippen molar-refractivity contribution in [2.75, 3.05) is 26.9 Å². The van der Waals surface area contributed by atoms with Crippen LogP contribution in [0.2, 0.25) is 0 Å². The lowest BCUT2D eigenvalue weighted by Crippen LogP contribution is -2.53. The summed E-state index contributed by atoms with van der Waals surface area (Å²) in [5.41, 5.74) is 0. The zero-order valence-corrected chi connectivity index (χ0v) is 8.77. The maximum atomic E-state index is 11.9. The van der Waals surface area contributed by atoms with Crippen molar-refractivity contribution < 1.29 is 19.1 Å². The van der Waals surface area contributed by atoms with Crippen LogP contribution >= 0.6 is 0 Å². The van der Waals surface area contributed by atoms with Crippen LogP contribution in [0.25, 0.3) is 0 Å². The summed E-state index contributed by atoms with van der Waals surface area (Å²) in [7, 11) is 1.33. The van der Waals surface area contributed by atoms with Gasteiger partial charge < -0.3 is 14.4 Å². The second kappa shape index (κ2) is 4.18. The molecule has 2 aliphatic rings. The van der Waals surface area contributed by atoms with Crippen molar-refractivity contribution in [3.05, 3.63) is 0 Å². The van der Waals surface area contributed by atoms with Crippen LogP contribution in [-0.4, -0.2) is 49.7 Å². The summed E-state index contributed by atoms with van der Waals surface area (Å²) in [6.45, 7) is 1.26. The summed E-state index contributed by atoms with van der Waals surface area (Å²) in [6.07, 6.45) is 1.90. The number of morpholine rings is 1. The van der Waals surface area contributed by atoms with Gasteiger partial charge in [0.25, 0.3) is 0 Å². The lowest BCUT2D eigenvalue weighted by Gasteiger charge is -2.33. The molecule has 2 fully saturated rings. The summed E-state index contributed by atoms with van der Waals surface area (Å²) in [5, 5.41) is 0. The molecule has 1 heterocycles. The Bertz CT molecular complexity index is 275. The molecule has 1 saturated carbocycles. The van der Waals surface area contributed by atoms with Crippen molar-refractivity contribution in [1.82, 2.24) is 4.90 Å². The number of rotatable bonds is 2. The van der Waals surface area contributed by atoms with Crippen LogP contribution in [0.15, 0.2) is 0 Å². The number of methoxy groups -OCH3 is 1. The van der Waals surface area contributed by atoms with Crippen LogP contribution in [0.3, 0.4) is 0 Å². The Hall–Kier alpha value is -1.10. The highest BCUT2D eigenvalue weighted by Crippen LogP contribution is 2.32. The molecule has 0 N–H and O–H groups in total. The number of amides is 1. The zero-order chi connectivity index (χ0) is 10.8. The van der Waals surface area contributed by atoms with Crippen molar-refractivity contribution in [2.24, 2.45) is 5.92 Å². The van der Waals surface area contributed by atoms with Crippen LogP contribution in [0.5, 0.6) is 0 Å². The standard InChI is InChI=1S/C10H15NO4/c1-14-10(13)8-6-15-5-4-11(8)9(12)7-2-3-7/h7-8H,2-6H2,1H3. The molecule has 0 spiro atoms. The number of carbonyl (C=O) groups excluding carboxylic acids is 2. The van der Waals surface area contributed by atoms with Gasteiger partial charge >= 0.3 is 5.97 Å². The molecule has 1 unspecified atom stereocenters. The molecule has 1 atom stereocenters. The molecule has 5 nitrogen and oxygen atoms in total. The Kier molecular flexibility index (Phi) is 2.90. The Morgan fingerprint density at radius 1 is 1.40 bits per heavy atom. The minimum Gasteiger partial charge on any atom is -0.467 e. The van der Waals surface area contributed by atoms with Crippen LogP contribution in [0.1, 0.15) is 12.8 Å². The topological polar surface area (TPSA) is 55.8 Å². The van der Waals surface area contributed by atoms with Gasteiger partial charge in [0.15, 0.2) is 6.04 Å². The van der Waals surface area contributed by atoms with E-state index < -0.39 is 6.04 Å². The molecule has 0 aromatic carbocycles. The number of esters is 1. The first-order valence-corrected chi connectivity index (χ1v) is 5.20. The summed E-state index contributed by atoms with van der Waals surface area (Å²) >= 11 is 0. The third kappa shape index (κ3) is 2.12. The molecule has 1 saturated heterocycles. The quantitative estimate of drug-likeness (QED) is 0.596. The first-order valence-electron chi connectivity index (χ1n) is 5.20. The van der Waals surface area contributed by atoms with E-state index in [4.69, 9.17) is 4.74 Å². The highest BCUT2D eigenvalue weighted by molar-refractivity contribution is 5.87. The fourth-order valence-electron chi connectivity index (χ4n) is 1.76. The molecule has 0 aromatic rings. The van der Waals surface area contributed by atoms with Crippen molar-refractivity contribution in [3.8, 4) is 0 Å². The van der Waals surface area contributed by atoms with Gasteiger partial charge in [-0.3, -0.25) is 4.79 Å². The van der Waals surface area contributed by atoms with Crippen molar-refractivity contribution >= 4 is 11.9 Å². The molecule has 0 aromatic heterocycles. The molecule has 0 radical (unpaired) electrons. The number of carbonyl (C=O) groups is 2. The molecular weight excluding hydrogens is 198 g/mol. The van der Waals surface area contributed by atoms with E-state index in [-0.39, 0.29) is 24.4 Å².